The van der Waals surface area contributed by atoms with Gasteiger partial charge >= 0.3 is 6.18 Å². The van der Waals surface area contributed by atoms with Gasteiger partial charge in [0, 0.05) is 23.4 Å². The number of hydrogen-bond acceptors (Lipinski definition) is 5. The molecule has 2 amide bonds. The van der Waals surface area contributed by atoms with E-state index in [9.17, 15) is 27.6 Å². The van der Waals surface area contributed by atoms with Crippen molar-refractivity contribution in [2.45, 2.75) is 31.6 Å². The summed E-state index contributed by atoms with van der Waals surface area (Å²) in [5.41, 5.74) is 7.48. The van der Waals surface area contributed by atoms with E-state index < -0.39 is 23.7 Å². The zero-order chi connectivity index (χ0) is 28.7. The van der Waals surface area contributed by atoms with E-state index in [-0.39, 0.29) is 29.7 Å². The number of alkyl halides is 3. The number of ketones is 1. The molecule has 3 aromatic rings. The third kappa shape index (κ3) is 7.77. The fourth-order valence-electron chi connectivity index (χ4n) is 4.70. The van der Waals surface area contributed by atoms with Crippen LogP contribution in [-0.4, -0.2) is 48.2 Å². The van der Waals surface area contributed by atoms with E-state index in [1.54, 1.807) is 12.1 Å². The molecule has 7 nitrogen and oxygen atoms in total. The van der Waals surface area contributed by atoms with E-state index in [1.165, 1.54) is 6.07 Å². The second-order valence-electron chi connectivity index (χ2n) is 9.88. The third-order valence-corrected chi connectivity index (χ3v) is 7.04. The molecule has 210 valence electrons. The monoisotopic (exact) mass is 552 g/mol. The van der Waals surface area contributed by atoms with E-state index in [0.717, 1.165) is 43.4 Å². The van der Waals surface area contributed by atoms with Crippen molar-refractivity contribution in [3.63, 3.8) is 0 Å². The maximum atomic E-state index is 12.9. The lowest BCUT2D eigenvalue weighted by Crippen LogP contribution is -2.47. The van der Waals surface area contributed by atoms with E-state index in [2.05, 4.69) is 15.5 Å². The second-order valence-corrected chi connectivity index (χ2v) is 9.88. The Kier molecular flexibility index (Phi) is 9.34. The van der Waals surface area contributed by atoms with Crippen molar-refractivity contribution in [2.75, 3.05) is 25.0 Å². The lowest BCUT2D eigenvalue weighted by molar-refractivity contribution is -0.137. The van der Waals surface area contributed by atoms with Crippen molar-refractivity contribution in [3.05, 3.63) is 101 Å². The number of amides is 2. The summed E-state index contributed by atoms with van der Waals surface area (Å²) in [5.74, 6) is -1.33. The predicted octanol–water partition coefficient (Wildman–Crippen LogP) is 4.50. The Balaban J connectivity index is 1.20. The molecule has 10 heteroatoms. The molecule has 0 radical (unpaired) electrons. The fourth-order valence-corrected chi connectivity index (χ4v) is 4.70. The largest absolute Gasteiger partial charge is 0.416 e. The van der Waals surface area contributed by atoms with Crippen LogP contribution in [0.2, 0.25) is 0 Å². The van der Waals surface area contributed by atoms with Crippen LogP contribution in [0.1, 0.15) is 44.7 Å². The maximum absolute atomic E-state index is 12.9. The van der Waals surface area contributed by atoms with Crippen LogP contribution in [0.15, 0.2) is 78.9 Å². The highest BCUT2D eigenvalue weighted by atomic mass is 19.4. The number of rotatable bonds is 9. The highest BCUT2D eigenvalue weighted by molar-refractivity contribution is 6.04. The molecule has 40 heavy (non-hydrogen) atoms. The molecule has 0 aliphatic carbocycles. The highest BCUT2D eigenvalue weighted by Crippen LogP contribution is 2.29. The van der Waals surface area contributed by atoms with Crippen molar-refractivity contribution in [1.29, 1.82) is 0 Å². The Morgan fingerprint density at radius 3 is 2.17 bits per heavy atom. The normalized spacial score (nSPS) is 15.3. The molecule has 1 aliphatic heterocycles. The van der Waals surface area contributed by atoms with Crippen molar-refractivity contribution in [3.8, 4) is 0 Å². The highest BCUT2D eigenvalue weighted by Gasteiger charge is 2.31. The molecule has 1 fully saturated rings. The van der Waals surface area contributed by atoms with Crippen LogP contribution in [0.4, 0.5) is 18.9 Å². The van der Waals surface area contributed by atoms with Crippen LogP contribution in [0.25, 0.3) is 0 Å². The van der Waals surface area contributed by atoms with Crippen LogP contribution < -0.4 is 16.4 Å². The van der Waals surface area contributed by atoms with E-state index >= 15 is 0 Å². The van der Waals surface area contributed by atoms with Crippen LogP contribution in [0.3, 0.4) is 0 Å². The molecule has 1 unspecified atom stereocenters. The van der Waals surface area contributed by atoms with E-state index in [4.69, 9.17) is 5.73 Å². The molecule has 0 spiro atoms. The molecule has 0 saturated carbocycles. The van der Waals surface area contributed by atoms with Crippen LogP contribution in [0, 0.1) is 5.92 Å². The Labute approximate surface area is 230 Å². The first-order chi connectivity index (χ1) is 19.1. The van der Waals surface area contributed by atoms with Gasteiger partial charge in [-0.1, -0.05) is 36.4 Å². The summed E-state index contributed by atoms with van der Waals surface area (Å²) in [6.45, 7) is 1.86. The number of nitrogens with zero attached hydrogens (tertiary/aromatic N) is 1. The first-order valence-corrected chi connectivity index (χ1v) is 13.0. The van der Waals surface area contributed by atoms with Gasteiger partial charge in [0.05, 0.1) is 18.2 Å². The first kappa shape index (κ1) is 29.0. The second kappa shape index (κ2) is 12.9. The summed E-state index contributed by atoms with van der Waals surface area (Å²) in [5, 5.41) is 5.27. The summed E-state index contributed by atoms with van der Waals surface area (Å²) in [4.78, 5) is 39.5. The summed E-state index contributed by atoms with van der Waals surface area (Å²) < 4.78 is 38.7. The van der Waals surface area contributed by atoms with Gasteiger partial charge < -0.3 is 16.4 Å². The molecule has 1 atom stereocenters. The van der Waals surface area contributed by atoms with E-state index in [0.29, 0.717) is 24.1 Å². The maximum Gasteiger partial charge on any atom is 0.416 e. The number of benzene rings is 3. The third-order valence-electron chi connectivity index (χ3n) is 7.04. The average Bonchev–Trinajstić information content (AvgIpc) is 2.97. The molecule has 3 aromatic carbocycles. The topological polar surface area (TPSA) is 105 Å². The summed E-state index contributed by atoms with van der Waals surface area (Å²) in [6.07, 6.45) is -3.15. The van der Waals surface area contributed by atoms with Gasteiger partial charge in [-0.25, -0.2) is 0 Å². The minimum absolute atomic E-state index is 0.0511. The Morgan fingerprint density at radius 1 is 0.875 bits per heavy atom. The van der Waals surface area contributed by atoms with Gasteiger partial charge in [0.2, 0.25) is 0 Å². The van der Waals surface area contributed by atoms with Gasteiger partial charge in [0.1, 0.15) is 0 Å². The molecule has 0 bridgehead atoms. The molecule has 1 heterocycles. The minimum Gasteiger partial charge on any atom is -0.345 e. The molecular formula is C30H31F3N4O3. The van der Waals surface area contributed by atoms with Gasteiger partial charge in [0.25, 0.3) is 11.8 Å². The number of nitrogens with two attached hydrogens (primary N) is 1. The number of anilines is 1. The van der Waals surface area contributed by atoms with Crippen molar-refractivity contribution in [1.82, 2.24) is 10.2 Å². The molecule has 1 saturated heterocycles. The Hall–Kier alpha value is -4.02. The van der Waals surface area contributed by atoms with Gasteiger partial charge in [-0.3, -0.25) is 19.3 Å². The zero-order valence-corrected chi connectivity index (χ0v) is 21.8. The number of hydrogen-bond donors (Lipinski definition) is 3. The molecule has 4 N–H and O–H groups in total. The fraction of sp³-hybridized carbons (Fsp3) is 0.300. The predicted molar refractivity (Wildman–Crippen MR) is 146 cm³/mol. The quantitative estimate of drug-likeness (QED) is 0.363. The van der Waals surface area contributed by atoms with Crippen molar-refractivity contribution in [2.24, 2.45) is 11.7 Å². The summed E-state index contributed by atoms with van der Waals surface area (Å²) in [6, 6.07) is 19.9. The average molecular weight is 553 g/mol. The van der Waals surface area contributed by atoms with Gasteiger partial charge in [-0.2, -0.15) is 13.2 Å². The van der Waals surface area contributed by atoms with Gasteiger partial charge in [-0.05, 0) is 79.9 Å². The molecular weight excluding hydrogens is 521 g/mol. The summed E-state index contributed by atoms with van der Waals surface area (Å²) >= 11 is 0. The lowest BCUT2D eigenvalue weighted by atomic mass is 9.87. The van der Waals surface area contributed by atoms with Crippen molar-refractivity contribution < 1.29 is 27.6 Å². The number of carbonyl (C=O) groups excluding carboxylic acids is 3. The minimum atomic E-state index is -4.56. The SMILES string of the molecule is NC(C(=O)CNC(=O)c1cccc(C(F)(F)F)c1)C1CCN(Cc2ccc(NC(=O)c3ccccc3)cc2)CC1. The standard InChI is InChI=1S/C30H31F3N4O3/c31-30(32,33)24-8-4-7-23(17-24)28(39)35-18-26(38)27(34)21-13-15-37(16-14-21)19-20-9-11-25(12-10-20)36-29(40)22-5-2-1-3-6-22/h1-12,17,21,27H,13-16,18-19,34H2,(H,35,39)(H,36,40). The Morgan fingerprint density at radius 2 is 1.52 bits per heavy atom. The molecule has 4 rings (SSSR count). The van der Waals surface area contributed by atoms with E-state index in [1.807, 2.05) is 42.5 Å². The first-order valence-electron chi connectivity index (χ1n) is 13.0. The number of Topliss-reactive ketones (excluding diaryl/α,β-unsaturated/α-hetero) is 1. The zero-order valence-electron chi connectivity index (χ0n) is 21.8. The lowest BCUT2D eigenvalue weighted by Gasteiger charge is -2.34. The number of carbonyl (C=O) groups is 3. The number of nitrogens with one attached hydrogen (secondary N) is 2. The van der Waals surface area contributed by atoms with Gasteiger partial charge in [0.15, 0.2) is 5.78 Å². The number of piperidine rings is 1. The Bertz CT molecular complexity index is 1320. The summed E-state index contributed by atoms with van der Waals surface area (Å²) in [7, 11) is 0. The number of likely N-dealkylation sites (tertiary alicyclic amines) is 1. The van der Waals surface area contributed by atoms with Crippen LogP contribution in [0.5, 0.6) is 0 Å². The van der Waals surface area contributed by atoms with Crippen molar-refractivity contribution >= 4 is 23.3 Å². The smallest absolute Gasteiger partial charge is 0.345 e. The number of halogens is 3. The van der Waals surface area contributed by atoms with Crippen LogP contribution >= 0.6 is 0 Å². The molecule has 0 aromatic heterocycles. The van der Waals surface area contributed by atoms with Gasteiger partial charge in [-0.15, -0.1) is 0 Å². The van der Waals surface area contributed by atoms with Crippen LogP contribution in [-0.2, 0) is 17.5 Å². The molecule has 1 aliphatic rings.